The normalized spacial score (nSPS) is 10.2. The van der Waals surface area contributed by atoms with Gasteiger partial charge in [-0.25, -0.2) is 0 Å². The first-order valence-electron chi connectivity index (χ1n) is 9.69. The maximum absolute atomic E-state index is 12.6. The van der Waals surface area contributed by atoms with Gasteiger partial charge in [-0.05, 0) is 42.0 Å². The summed E-state index contributed by atoms with van der Waals surface area (Å²) in [5.41, 5.74) is 2.84. The van der Waals surface area contributed by atoms with Gasteiger partial charge in [0.2, 0.25) is 5.91 Å². The molecule has 0 bridgehead atoms. The summed E-state index contributed by atoms with van der Waals surface area (Å²) in [6, 6.07) is 23.0. The topological polar surface area (TPSA) is 87.3 Å². The maximum atomic E-state index is 12.6. The first kappa shape index (κ1) is 20.8. The second kappa shape index (κ2) is 10.0. The molecule has 3 N–H and O–H groups in total. The van der Waals surface area contributed by atoms with E-state index < -0.39 is 0 Å². The lowest BCUT2D eigenvalue weighted by molar-refractivity contribution is -0.115. The van der Waals surface area contributed by atoms with Crippen LogP contribution in [0.3, 0.4) is 0 Å². The molecular formula is C24H23N3O3. The van der Waals surface area contributed by atoms with Crippen molar-refractivity contribution >= 4 is 29.1 Å². The molecule has 3 rings (SSSR count). The molecule has 3 aromatic rings. The second-order valence-electron chi connectivity index (χ2n) is 6.65. The summed E-state index contributed by atoms with van der Waals surface area (Å²) in [4.78, 5) is 36.7. The van der Waals surface area contributed by atoms with Crippen molar-refractivity contribution in [1.29, 1.82) is 0 Å². The highest BCUT2D eigenvalue weighted by molar-refractivity contribution is 6.09. The number of rotatable bonds is 7. The predicted octanol–water partition coefficient (Wildman–Crippen LogP) is 4.22. The lowest BCUT2D eigenvalue weighted by Gasteiger charge is -2.12. The monoisotopic (exact) mass is 401 g/mol. The second-order valence-corrected chi connectivity index (χ2v) is 6.65. The third-order valence-electron chi connectivity index (χ3n) is 4.47. The zero-order chi connectivity index (χ0) is 21.3. The lowest BCUT2D eigenvalue weighted by atomic mass is 10.1. The fourth-order valence-electron chi connectivity index (χ4n) is 2.81. The minimum Gasteiger partial charge on any atom is -0.348 e. The van der Waals surface area contributed by atoms with E-state index in [4.69, 9.17) is 0 Å². The zero-order valence-electron chi connectivity index (χ0n) is 16.6. The Morgan fingerprint density at radius 3 is 2.10 bits per heavy atom. The third kappa shape index (κ3) is 5.54. The van der Waals surface area contributed by atoms with E-state index in [1.54, 1.807) is 55.5 Å². The number of carbonyl (C=O) groups is 3. The van der Waals surface area contributed by atoms with Crippen LogP contribution in [0, 0.1) is 0 Å². The summed E-state index contributed by atoms with van der Waals surface area (Å²) in [6.07, 6.45) is 0.380. The average Bonchev–Trinajstić information content (AvgIpc) is 2.79. The Morgan fingerprint density at radius 2 is 1.40 bits per heavy atom. The van der Waals surface area contributed by atoms with Gasteiger partial charge in [-0.1, -0.05) is 49.4 Å². The van der Waals surface area contributed by atoms with E-state index >= 15 is 0 Å². The molecule has 0 aliphatic rings. The van der Waals surface area contributed by atoms with E-state index in [0.29, 0.717) is 35.5 Å². The summed E-state index contributed by atoms with van der Waals surface area (Å²) >= 11 is 0. The third-order valence-corrected chi connectivity index (χ3v) is 4.47. The van der Waals surface area contributed by atoms with Crippen LogP contribution in [0.15, 0.2) is 78.9 Å². The number of benzene rings is 3. The molecule has 0 saturated heterocycles. The average molecular weight is 401 g/mol. The van der Waals surface area contributed by atoms with Crippen molar-refractivity contribution in [3.63, 3.8) is 0 Å². The molecule has 0 fully saturated rings. The Labute approximate surface area is 175 Å². The molecule has 152 valence electrons. The molecule has 0 aliphatic carbocycles. The predicted molar refractivity (Wildman–Crippen MR) is 117 cm³/mol. The van der Waals surface area contributed by atoms with Crippen molar-refractivity contribution in [1.82, 2.24) is 5.32 Å². The molecule has 0 heterocycles. The Hall–Kier alpha value is -3.93. The smallest absolute Gasteiger partial charge is 0.255 e. The van der Waals surface area contributed by atoms with Crippen LogP contribution in [-0.2, 0) is 11.3 Å². The lowest BCUT2D eigenvalue weighted by Crippen LogP contribution is -2.24. The quantitative estimate of drug-likeness (QED) is 0.554. The number of nitrogens with one attached hydrogen (secondary N) is 3. The molecule has 30 heavy (non-hydrogen) atoms. The summed E-state index contributed by atoms with van der Waals surface area (Å²) in [5, 5.41) is 8.40. The summed E-state index contributed by atoms with van der Waals surface area (Å²) in [7, 11) is 0. The van der Waals surface area contributed by atoms with Crippen LogP contribution in [0.2, 0.25) is 0 Å². The fraction of sp³-hybridized carbons (Fsp3) is 0.125. The van der Waals surface area contributed by atoms with Gasteiger partial charge in [0.25, 0.3) is 11.8 Å². The highest BCUT2D eigenvalue weighted by Crippen LogP contribution is 2.17. The fourth-order valence-corrected chi connectivity index (χ4v) is 2.81. The molecular weight excluding hydrogens is 378 g/mol. The molecule has 0 radical (unpaired) electrons. The molecule has 0 spiro atoms. The summed E-state index contributed by atoms with van der Waals surface area (Å²) in [6.45, 7) is 2.16. The maximum Gasteiger partial charge on any atom is 0.255 e. The van der Waals surface area contributed by atoms with E-state index in [2.05, 4.69) is 16.0 Å². The molecule has 0 saturated carbocycles. The standard InChI is InChI=1S/C24H23N3O3/c1-2-22(28)26-19-14-12-18(13-15-19)23(29)27-21-11-7-6-10-20(21)24(30)25-16-17-8-4-3-5-9-17/h3-15H,2,16H2,1H3,(H,25,30)(H,26,28)(H,27,29). The van der Waals surface area contributed by atoms with Crippen LogP contribution in [0.1, 0.15) is 39.6 Å². The van der Waals surface area contributed by atoms with Gasteiger partial charge >= 0.3 is 0 Å². The molecule has 0 unspecified atom stereocenters. The highest BCUT2D eigenvalue weighted by Gasteiger charge is 2.14. The van der Waals surface area contributed by atoms with E-state index in [0.717, 1.165) is 5.56 Å². The number of anilines is 2. The molecule has 0 aliphatic heterocycles. The van der Waals surface area contributed by atoms with Crippen molar-refractivity contribution in [3.8, 4) is 0 Å². The molecule has 0 atom stereocenters. The van der Waals surface area contributed by atoms with Gasteiger partial charge in [0.05, 0.1) is 11.3 Å². The summed E-state index contributed by atoms with van der Waals surface area (Å²) in [5.74, 6) is -0.707. The van der Waals surface area contributed by atoms with Crippen LogP contribution in [0.25, 0.3) is 0 Å². The minimum atomic E-state index is -0.341. The Balaban J connectivity index is 1.67. The van der Waals surface area contributed by atoms with E-state index in [9.17, 15) is 14.4 Å². The van der Waals surface area contributed by atoms with Gasteiger partial charge in [0.15, 0.2) is 0 Å². The van der Waals surface area contributed by atoms with E-state index in [-0.39, 0.29) is 17.7 Å². The van der Waals surface area contributed by atoms with Gasteiger partial charge in [-0.3, -0.25) is 14.4 Å². The van der Waals surface area contributed by atoms with Crippen molar-refractivity contribution < 1.29 is 14.4 Å². The van der Waals surface area contributed by atoms with Gasteiger partial charge in [0.1, 0.15) is 0 Å². The van der Waals surface area contributed by atoms with Gasteiger partial charge in [-0.15, -0.1) is 0 Å². The minimum absolute atomic E-state index is 0.0948. The van der Waals surface area contributed by atoms with Crippen LogP contribution >= 0.6 is 0 Å². The SMILES string of the molecule is CCC(=O)Nc1ccc(C(=O)Nc2ccccc2C(=O)NCc2ccccc2)cc1. The first-order chi connectivity index (χ1) is 14.6. The Morgan fingerprint density at radius 1 is 0.733 bits per heavy atom. The first-order valence-corrected chi connectivity index (χ1v) is 9.69. The van der Waals surface area contributed by atoms with Crippen LogP contribution in [0.5, 0.6) is 0 Å². The zero-order valence-corrected chi connectivity index (χ0v) is 16.6. The molecule has 0 aromatic heterocycles. The molecule has 6 heteroatoms. The van der Waals surface area contributed by atoms with Crippen molar-refractivity contribution in [3.05, 3.63) is 95.6 Å². The van der Waals surface area contributed by atoms with Crippen LogP contribution in [-0.4, -0.2) is 17.7 Å². The molecule has 6 nitrogen and oxygen atoms in total. The van der Waals surface area contributed by atoms with Gasteiger partial charge in [0, 0.05) is 24.2 Å². The Kier molecular flexibility index (Phi) is 6.95. The largest absolute Gasteiger partial charge is 0.348 e. The van der Waals surface area contributed by atoms with Crippen LogP contribution in [0.4, 0.5) is 11.4 Å². The number of para-hydroxylation sites is 1. The van der Waals surface area contributed by atoms with Crippen molar-refractivity contribution in [2.75, 3.05) is 10.6 Å². The van der Waals surface area contributed by atoms with Crippen LogP contribution < -0.4 is 16.0 Å². The van der Waals surface area contributed by atoms with Gasteiger partial charge < -0.3 is 16.0 Å². The van der Waals surface area contributed by atoms with Gasteiger partial charge in [-0.2, -0.15) is 0 Å². The molecule has 3 aromatic carbocycles. The number of amides is 3. The highest BCUT2D eigenvalue weighted by atomic mass is 16.2. The van der Waals surface area contributed by atoms with Crippen molar-refractivity contribution in [2.45, 2.75) is 19.9 Å². The van der Waals surface area contributed by atoms with E-state index in [1.165, 1.54) is 0 Å². The van der Waals surface area contributed by atoms with Crippen molar-refractivity contribution in [2.24, 2.45) is 0 Å². The number of carbonyl (C=O) groups excluding carboxylic acids is 3. The number of hydrogen-bond donors (Lipinski definition) is 3. The number of hydrogen-bond acceptors (Lipinski definition) is 3. The summed E-state index contributed by atoms with van der Waals surface area (Å²) < 4.78 is 0. The molecule has 3 amide bonds. The Bertz CT molecular complexity index is 1030. The van der Waals surface area contributed by atoms with E-state index in [1.807, 2.05) is 30.3 Å².